The van der Waals surface area contributed by atoms with Crippen LogP contribution >= 0.6 is 0 Å². The molecule has 3 aromatic carbocycles. The van der Waals surface area contributed by atoms with E-state index in [1.165, 1.54) is 23.8 Å². The van der Waals surface area contributed by atoms with Crippen LogP contribution in [0.2, 0.25) is 0 Å². The van der Waals surface area contributed by atoms with E-state index in [-0.39, 0.29) is 25.7 Å². The lowest BCUT2D eigenvalue weighted by molar-refractivity contribution is -0.117. The zero-order chi connectivity index (χ0) is 26.6. The third-order valence-corrected chi connectivity index (χ3v) is 6.15. The Morgan fingerprint density at radius 2 is 1.59 bits per heavy atom. The first-order valence-electron chi connectivity index (χ1n) is 12.5. The number of primary amides is 1. The molecule has 3 rings (SSSR count). The van der Waals surface area contributed by atoms with Crippen molar-refractivity contribution < 1.29 is 23.8 Å². The molecular weight excluding hydrogens is 468 g/mol. The number of hydrogen-bond donors (Lipinski definition) is 1. The monoisotopic (exact) mass is 504 g/mol. The van der Waals surface area contributed by atoms with Crippen molar-refractivity contribution >= 4 is 12.0 Å². The van der Waals surface area contributed by atoms with E-state index in [2.05, 4.69) is 32.0 Å². The number of nitrogens with two attached hydrogens (primary N) is 1. The van der Waals surface area contributed by atoms with E-state index in [9.17, 15) is 9.59 Å². The van der Waals surface area contributed by atoms with E-state index in [1.54, 1.807) is 23.1 Å². The Bertz CT molecular complexity index is 1180. The molecule has 196 valence electrons. The Balaban J connectivity index is 1.60. The summed E-state index contributed by atoms with van der Waals surface area (Å²) in [6.45, 7) is 5.58. The highest BCUT2D eigenvalue weighted by Crippen LogP contribution is 2.28. The summed E-state index contributed by atoms with van der Waals surface area (Å²) in [7, 11) is 1.54. The largest absolute Gasteiger partial charge is 0.493 e. The van der Waals surface area contributed by atoms with Crippen molar-refractivity contribution in [1.29, 1.82) is 0 Å². The Labute approximate surface area is 219 Å². The summed E-state index contributed by atoms with van der Waals surface area (Å²) in [6, 6.07) is 21.3. The number of amides is 2. The number of benzene rings is 3. The SMILES string of the molecule is COc1cc(CC(N)=O)ccc1OCCN(CCCc1ccc(C)c(C)c1)C(=O)OCc1ccccc1. The fourth-order valence-electron chi connectivity index (χ4n) is 3.95. The van der Waals surface area contributed by atoms with Gasteiger partial charge in [-0.1, -0.05) is 54.6 Å². The van der Waals surface area contributed by atoms with Gasteiger partial charge in [-0.05, 0) is 66.6 Å². The zero-order valence-corrected chi connectivity index (χ0v) is 21.9. The predicted molar refractivity (Wildman–Crippen MR) is 144 cm³/mol. The topological polar surface area (TPSA) is 91.1 Å². The number of rotatable bonds is 13. The summed E-state index contributed by atoms with van der Waals surface area (Å²) in [6.07, 6.45) is 1.41. The molecule has 0 spiro atoms. The lowest BCUT2D eigenvalue weighted by Gasteiger charge is -2.23. The minimum absolute atomic E-state index is 0.123. The normalized spacial score (nSPS) is 10.6. The van der Waals surface area contributed by atoms with Crippen molar-refractivity contribution in [3.8, 4) is 11.5 Å². The highest BCUT2D eigenvalue weighted by Gasteiger charge is 2.16. The molecule has 0 saturated carbocycles. The van der Waals surface area contributed by atoms with Crippen molar-refractivity contribution in [3.05, 3.63) is 94.5 Å². The highest BCUT2D eigenvalue weighted by molar-refractivity contribution is 5.76. The molecule has 0 aromatic heterocycles. The first kappa shape index (κ1) is 27.6. The van der Waals surface area contributed by atoms with E-state index < -0.39 is 5.91 Å². The maximum Gasteiger partial charge on any atom is 0.410 e. The number of ether oxygens (including phenoxy) is 3. The van der Waals surface area contributed by atoms with Crippen LogP contribution in [0.3, 0.4) is 0 Å². The van der Waals surface area contributed by atoms with E-state index in [4.69, 9.17) is 19.9 Å². The number of nitrogens with zero attached hydrogens (tertiary/aromatic N) is 1. The van der Waals surface area contributed by atoms with Crippen molar-refractivity contribution in [1.82, 2.24) is 4.90 Å². The van der Waals surface area contributed by atoms with Crippen LogP contribution in [0.5, 0.6) is 11.5 Å². The van der Waals surface area contributed by atoms with Crippen molar-refractivity contribution in [3.63, 3.8) is 0 Å². The maximum atomic E-state index is 13.0. The number of methoxy groups -OCH3 is 1. The van der Waals surface area contributed by atoms with Crippen molar-refractivity contribution in [2.75, 3.05) is 26.8 Å². The van der Waals surface area contributed by atoms with Gasteiger partial charge in [-0.15, -0.1) is 0 Å². The molecule has 2 amide bonds. The number of carbonyl (C=O) groups is 2. The van der Waals surface area contributed by atoms with Crippen LogP contribution in [0.25, 0.3) is 0 Å². The van der Waals surface area contributed by atoms with Crippen LogP contribution < -0.4 is 15.2 Å². The third kappa shape index (κ3) is 8.86. The summed E-state index contributed by atoms with van der Waals surface area (Å²) in [5, 5.41) is 0. The average Bonchev–Trinajstić information content (AvgIpc) is 2.89. The molecule has 0 fully saturated rings. The van der Waals surface area contributed by atoms with Gasteiger partial charge in [0.1, 0.15) is 13.2 Å². The molecule has 0 heterocycles. The van der Waals surface area contributed by atoms with Gasteiger partial charge < -0.3 is 24.8 Å². The fraction of sp³-hybridized carbons (Fsp3) is 0.333. The van der Waals surface area contributed by atoms with Gasteiger partial charge in [-0.2, -0.15) is 0 Å². The number of aryl methyl sites for hydroxylation is 3. The van der Waals surface area contributed by atoms with Crippen LogP contribution in [0.4, 0.5) is 4.79 Å². The number of hydrogen-bond acceptors (Lipinski definition) is 5. The summed E-state index contributed by atoms with van der Waals surface area (Å²) in [5.74, 6) is 0.622. The molecule has 7 nitrogen and oxygen atoms in total. The Morgan fingerprint density at radius 1 is 0.838 bits per heavy atom. The van der Waals surface area contributed by atoms with Crippen molar-refractivity contribution in [2.45, 2.75) is 39.7 Å². The molecule has 2 N–H and O–H groups in total. The molecule has 0 unspecified atom stereocenters. The Morgan fingerprint density at radius 3 is 2.30 bits per heavy atom. The molecule has 0 aliphatic carbocycles. The molecule has 3 aromatic rings. The first-order chi connectivity index (χ1) is 17.9. The molecule has 0 radical (unpaired) electrons. The van der Waals surface area contributed by atoms with Gasteiger partial charge in [0.05, 0.1) is 20.1 Å². The second-order valence-corrected chi connectivity index (χ2v) is 9.03. The van der Waals surface area contributed by atoms with E-state index in [0.717, 1.165) is 24.0 Å². The lowest BCUT2D eigenvalue weighted by atomic mass is 10.0. The van der Waals surface area contributed by atoms with Gasteiger partial charge in [0.15, 0.2) is 11.5 Å². The van der Waals surface area contributed by atoms with Gasteiger partial charge in [0.2, 0.25) is 5.91 Å². The third-order valence-electron chi connectivity index (χ3n) is 6.15. The summed E-state index contributed by atoms with van der Waals surface area (Å²) in [5.41, 5.74) is 10.7. The van der Waals surface area contributed by atoms with Crippen LogP contribution in [0.15, 0.2) is 66.7 Å². The molecule has 0 saturated heterocycles. The standard InChI is InChI=1S/C30H36N2O5/c1-22-11-12-24(18-23(22)2)10-7-15-32(30(34)37-21-25-8-5-4-6-9-25)16-17-36-27-14-13-26(20-29(31)33)19-28(27)35-3/h4-6,8-9,11-14,18-19H,7,10,15-17,20-21H2,1-3H3,(H2,31,33). The van der Waals surface area contributed by atoms with E-state index >= 15 is 0 Å². The quantitative estimate of drug-likeness (QED) is 0.354. The molecule has 0 aliphatic heterocycles. The molecular formula is C30H36N2O5. The summed E-state index contributed by atoms with van der Waals surface area (Å²) in [4.78, 5) is 25.8. The minimum Gasteiger partial charge on any atom is -0.493 e. The second-order valence-electron chi connectivity index (χ2n) is 9.03. The van der Waals surface area contributed by atoms with E-state index in [0.29, 0.717) is 24.6 Å². The first-order valence-corrected chi connectivity index (χ1v) is 12.5. The van der Waals surface area contributed by atoms with Gasteiger partial charge in [-0.25, -0.2) is 4.79 Å². The molecule has 0 atom stereocenters. The second kappa shape index (κ2) is 13.9. The lowest BCUT2D eigenvalue weighted by Crippen LogP contribution is -2.36. The van der Waals surface area contributed by atoms with Gasteiger partial charge >= 0.3 is 6.09 Å². The summed E-state index contributed by atoms with van der Waals surface area (Å²) >= 11 is 0. The highest BCUT2D eigenvalue weighted by atomic mass is 16.6. The predicted octanol–water partition coefficient (Wildman–Crippen LogP) is 4.99. The molecule has 37 heavy (non-hydrogen) atoms. The minimum atomic E-state index is -0.416. The van der Waals surface area contributed by atoms with Crippen LogP contribution in [0, 0.1) is 13.8 Å². The average molecular weight is 505 g/mol. The fourth-order valence-corrected chi connectivity index (χ4v) is 3.95. The smallest absolute Gasteiger partial charge is 0.410 e. The Hall–Kier alpha value is -4.00. The van der Waals surface area contributed by atoms with Crippen LogP contribution in [-0.2, 0) is 29.0 Å². The number of carbonyl (C=O) groups excluding carboxylic acids is 2. The van der Waals surface area contributed by atoms with E-state index in [1.807, 2.05) is 30.3 Å². The summed E-state index contributed by atoms with van der Waals surface area (Å²) < 4.78 is 16.9. The zero-order valence-electron chi connectivity index (χ0n) is 21.9. The molecule has 7 heteroatoms. The Kier molecular flexibility index (Phi) is 10.4. The van der Waals surface area contributed by atoms with Gasteiger partial charge in [0.25, 0.3) is 0 Å². The van der Waals surface area contributed by atoms with Gasteiger partial charge in [-0.3, -0.25) is 4.79 Å². The van der Waals surface area contributed by atoms with Crippen LogP contribution in [-0.4, -0.2) is 43.7 Å². The van der Waals surface area contributed by atoms with Crippen LogP contribution in [0.1, 0.15) is 34.2 Å². The molecule has 0 aliphatic rings. The van der Waals surface area contributed by atoms with Gasteiger partial charge in [0, 0.05) is 6.54 Å². The molecule has 0 bridgehead atoms. The van der Waals surface area contributed by atoms with Crippen molar-refractivity contribution in [2.24, 2.45) is 5.73 Å². The maximum absolute atomic E-state index is 13.0.